The number of carbonyl (C=O) groups excluding carboxylic acids is 2. The Balaban J connectivity index is 1.68. The zero-order valence-electron chi connectivity index (χ0n) is 16.1. The molecule has 0 saturated carbocycles. The van der Waals surface area contributed by atoms with Crippen molar-refractivity contribution >= 4 is 27.6 Å². The van der Waals surface area contributed by atoms with Crippen molar-refractivity contribution in [3.8, 4) is 0 Å². The summed E-state index contributed by atoms with van der Waals surface area (Å²) in [6.45, 7) is -0.0377. The summed E-state index contributed by atoms with van der Waals surface area (Å²) in [5.41, 5.74) is 0.501. The second kappa shape index (κ2) is 8.88. The van der Waals surface area contributed by atoms with Crippen molar-refractivity contribution in [3.63, 3.8) is 0 Å². The van der Waals surface area contributed by atoms with Gasteiger partial charge < -0.3 is 10.1 Å². The smallest absolute Gasteiger partial charge is 0.339 e. The molecule has 2 aromatic rings. The van der Waals surface area contributed by atoms with E-state index in [-0.39, 0.29) is 37.4 Å². The van der Waals surface area contributed by atoms with E-state index < -0.39 is 38.4 Å². The first kappa shape index (κ1) is 21.8. The van der Waals surface area contributed by atoms with Gasteiger partial charge in [-0.1, -0.05) is 12.1 Å². The first-order valence-electron chi connectivity index (χ1n) is 9.17. The fraction of sp³-hybridized carbons (Fsp3) is 0.300. The van der Waals surface area contributed by atoms with E-state index in [0.717, 1.165) is 16.4 Å². The number of nitrogens with one attached hydrogen (secondary N) is 1. The Bertz CT molecular complexity index is 1070. The summed E-state index contributed by atoms with van der Waals surface area (Å²) >= 11 is 0. The van der Waals surface area contributed by atoms with Crippen molar-refractivity contribution in [1.29, 1.82) is 0 Å². The maximum Gasteiger partial charge on any atom is 0.339 e. The molecule has 0 spiro atoms. The first-order chi connectivity index (χ1) is 14.2. The monoisotopic (exact) mass is 438 g/mol. The number of hydrogen-bond acceptors (Lipinski definition) is 5. The molecule has 0 aromatic heterocycles. The van der Waals surface area contributed by atoms with Gasteiger partial charge in [0.15, 0.2) is 0 Å². The number of ether oxygens (including phenoxy) is 1. The molecule has 2 aromatic carbocycles. The summed E-state index contributed by atoms with van der Waals surface area (Å²) in [4.78, 5) is 23.7. The van der Waals surface area contributed by atoms with Crippen molar-refractivity contribution in [3.05, 3.63) is 59.7 Å². The minimum atomic E-state index is -4.22. The summed E-state index contributed by atoms with van der Waals surface area (Å²) in [6.07, 6.45) is 0.394. The van der Waals surface area contributed by atoms with E-state index in [9.17, 15) is 26.8 Å². The lowest BCUT2D eigenvalue weighted by atomic mass is 9.97. The van der Waals surface area contributed by atoms with Gasteiger partial charge in [-0.2, -0.15) is 4.31 Å². The van der Waals surface area contributed by atoms with Gasteiger partial charge in [-0.3, -0.25) is 4.79 Å². The van der Waals surface area contributed by atoms with Gasteiger partial charge in [-0.25, -0.2) is 22.0 Å². The highest BCUT2D eigenvalue weighted by Gasteiger charge is 2.34. The van der Waals surface area contributed by atoms with Crippen LogP contribution in [-0.4, -0.2) is 44.8 Å². The van der Waals surface area contributed by atoms with E-state index in [1.807, 2.05) is 0 Å². The largest absolute Gasteiger partial charge is 0.465 e. The number of nitrogens with zero attached hydrogens (tertiary/aromatic N) is 1. The fourth-order valence-corrected chi connectivity index (χ4v) is 4.83. The number of hydrogen-bond donors (Lipinski definition) is 1. The van der Waals surface area contributed by atoms with Crippen LogP contribution in [0, 0.1) is 17.6 Å². The van der Waals surface area contributed by atoms with Gasteiger partial charge in [0.05, 0.1) is 18.4 Å². The summed E-state index contributed by atoms with van der Waals surface area (Å²) in [5, 5.41) is 2.68. The summed E-state index contributed by atoms with van der Waals surface area (Å²) in [7, 11) is -2.98. The molecule has 3 rings (SSSR count). The van der Waals surface area contributed by atoms with Crippen molar-refractivity contribution < 1.29 is 31.5 Å². The normalized spacial score (nSPS) is 15.6. The highest BCUT2D eigenvalue weighted by Crippen LogP contribution is 2.27. The molecular weight excluding hydrogens is 418 g/mol. The number of benzene rings is 2. The van der Waals surface area contributed by atoms with Gasteiger partial charge in [0.1, 0.15) is 16.5 Å². The van der Waals surface area contributed by atoms with Crippen LogP contribution in [-0.2, 0) is 19.6 Å². The number of methoxy groups -OCH3 is 1. The average molecular weight is 438 g/mol. The van der Waals surface area contributed by atoms with Crippen LogP contribution in [0.15, 0.2) is 47.4 Å². The first-order valence-corrected chi connectivity index (χ1v) is 10.6. The van der Waals surface area contributed by atoms with Crippen LogP contribution < -0.4 is 5.32 Å². The van der Waals surface area contributed by atoms with Crippen LogP contribution in [0.5, 0.6) is 0 Å². The Labute approximate surface area is 172 Å². The van der Waals surface area contributed by atoms with Crippen LogP contribution in [0.4, 0.5) is 14.5 Å². The number of piperidine rings is 1. The maximum absolute atomic E-state index is 13.9. The zero-order chi connectivity index (χ0) is 21.9. The molecule has 1 amide bonds. The molecule has 0 radical (unpaired) electrons. The fourth-order valence-electron chi connectivity index (χ4n) is 3.29. The van der Waals surface area contributed by atoms with Crippen molar-refractivity contribution in [1.82, 2.24) is 4.31 Å². The molecule has 1 heterocycles. The van der Waals surface area contributed by atoms with E-state index in [1.165, 1.54) is 13.2 Å². The van der Waals surface area contributed by atoms with Crippen LogP contribution >= 0.6 is 0 Å². The van der Waals surface area contributed by atoms with Gasteiger partial charge in [0.2, 0.25) is 15.9 Å². The van der Waals surface area contributed by atoms with E-state index in [0.29, 0.717) is 11.8 Å². The van der Waals surface area contributed by atoms with E-state index in [2.05, 4.69) is 5.32 Å². The quantitative estimate of drug-likeness (QED) is 0.725. The van der Waals surface area contributed by atoms with Crippen LogP contribution in [0.3, 0.4) is 0 Å². The molecule has 0 atom stereocenters. The Kier molecular flexibility index (Phi) is 6.47. The van der Waals surface area contributed by atoms with Gasteiger partial charge >= 0.3 is 5.97 Å². The summed E-state index contributed by atoms with van der Waals surface area (Å²) in [5.74, 6) is -3.34. The Morgan fingerprint density at radius 3 is 2.43 bits per heavy atom. The topological polar surface area (TPSA) is 92.8 Å². The molecule has 160 valence electrons. The van der Waals surface area contributed by atoms with Gasteiger partial charge in [-0.05, 0) is 43.2 Å². The highest BCUT2D eigenvalue weighted by atomic mass is 32.2. The van der Waals surface area contributed by atoms with Crippen LogP contribution in [0.25, 0.3) is 0 Å². The van der Waals surface area contributed by atoms with E-state index in [1.54, 1.807) is 18.2 Å². The third kappa shape index (κ3) is 4.49. The summed E-state index contributed by atoms with van der Waals surface area (Å²) in [6, 6.07) is 8.63. The van der Waals surface area contributed by atoms with Crippen molar-refractivity contribution in [2.45, 2.75) is 17.7 Å². The Morgan fingerprint density at radius 2 is 1.77 bits per heavy atom. The highest BCUT2D eigenvalue weighted by molar-refractivity contribution is 7.89. The third-order valence-corrected chi connectivity index (χ3v) is 6.84. The van der Waals surface area contributed by atoms with Gasteiger partial charge in [0.25, 0.3) is 0 Å². The number of halogens is 2. The SMILES string of the molecule is COC(=O)c1ccccc1NC(=O)C1CCN(S(=O)(=O)c2cc(F)ccc2F)CC1. The lowest BCUT2D eigenvalue weighted by molar-refractivity contribution is -0.120. The number of rotatable bonds is 5. The number of esters is 1. The standard InChI is InChI=1S/C20H20F2N2O5S/c1-29-20(26)15-4-2-3-5-17(15)23-19(25)13-8-10-24(11-9-13)30(27,28)18-12-14(21)6-7-16(18)22/h2-7,12-13H,8-11H2,1H3,(H,23,25). The van der Waals surface area contributed by atoms with Crippen LogP contribution in [0.1, 0.15) is 23.2 Å². The van der Waals surface area contributed by atoms with E-state index >= 15 is 0 Å². The Hall–Kier alpha value is -2.85. The molecule has 1 N–H and O–H groups in total. The molecule has 0 aliphatic carbocycles. The second-order valence-corrected chi connectivity index (χ2v) is 8.69. The predicted molar refractivity (Wildman–Crippen MR) is 104 cm³/mol. The van der Waals surface area contributed by atoms with Gasteiger partial charge in [-0.15, -0.1) is 0 Å². The molecular formula is C20H20F2N2O5S. The lowest BCUT2D eigenvalue weighted by Crippen LogP contribution is -2.41. The maximum atomic E-state index is 13.9. The number of amides is 1. The van der Waals surface area contributed by atoms with Crippen molar-refractivity contribution in [2.24, 2.45) is 5.92 Å². The molecule has 30 heavy (non-hydrogen) atoms. The van der Waals surface area contributed by atoms with Crippen molar-refractivity contribution in [2.75, 3.05) is 25.5 Å². The lowest BCUT2D eigenvalue weighted by Gasteiger charge is -2.30. The molecule has 10 heteroatoms. The molecule has 0 unspecified atom stereocenters. The minimum Gasteiger partial charge on any atom is -0.465 e. The number of carbonyl (C=O) groups is 2. The zero-order valence-corrected chi connectivity index (χ0v) is 16.9. The molecule has 7 nitrogen and oxygen atoms in total. The number of para-hydroxylation sites is 1. The number of anilines is 1. The van der Waals surface area contributed by atoms with Crippen LogP contribution in [0.2, 0.25) is 0 Å². The molecule has 1 fully saturated rings. The average Bonchev–Trinajstić information content (AvgIpc) is 2.75. The Morgan fingerprint density at radius 1 is 1.10 bits per heavy atom. The number of sulfonamides is 1. The van der Waals surface area contributed by atoms with E-state index in [4.69, 9.17) is 4.74 Å². The molecule has 1 aliphatic heterocycles. The summed E-state index contributed by atoms with van der Waals surface area (Å²) < 4.78 is 58.4. The molecule has 0 bridgehead atoms. The van der Waals surface area contributed by atoms with Gasteiger partial charge in [0, 0.05) is 19.0 Å². The molecule has 1 aliphatic rings. The third-order valence-electron chi connectivity index (χ3n) is 4.93. The minimum absolute atomic E-state index is 0.0188. The second-order valence-electron chi connectivity index (χ2n) is 6.78. The predicted octanol–water partition coefficient (Wildman–Crippen LogP) is 2.79. The molecule has 1 saturated heterocycles.